The van der Waals surface area contributed by atoms with Gasteiger partial charge in [-0.3, -0.25) is 9.59 Å². The Balaban J connectivity index is 0.00000108. The summed E-state index contributed by atoms with van der Waals surface area (Å²) in [6.07, 6.45) is 0. The fraction of sp³-hybridized carbons (Fsp3) is 0. The SMILES string of the molecule is O=C1c2ccccc2C(=O)c2ccccc21.[Al]. The van der Waals surface area contributed by atoms with Gasteiger partial charge < -0.3 is 0 Å². The molecule has 0 aliphatic heterocycles. The van der Waals surface area contributed by atoms with Gasteiger partial charge in [0.05, 0.1) is 0 Å². The normalized spacial score (nSPS) is 12.5. The molecule has 0 amide bonds. The summed E-state index contributed by atoms with van der Waals surface area (Å²) in [6.45, 7) is 0. The van der Waals surface area contributed by atoms with Gasteiger partial charge >= 0.3 is 0 Å². The van der Waals surface area contributed by atoms with Gasteiger partial charge in [-0.25, -0.2) is 0 Å². The highest BCUT2D eigenvalue weighted by molar-refractivity contribution is 6.28. The monoisotopic (exact) mass is 235 g/mol. The average molecular weight is 235 g/mol. The molecule has 2 nitrogen and oxygen atoms in total. The molecule has 3 radical (unpaired) electrons. The fourth-order valence-corrected chi connectivity index (χ4v) is 2.05. The van der Waals surface area contributed by atoms with E-state index in [9.17, 15) is 9.59 Å². The zero-order valence-electron chi connectivity index (χ0n) is 9.01. The summed E-state index contributed by atoms with van der Waals surface area (Å²) in [5.41, 5.74) is 2.02. The van der Waals surface area contributed by atoms with Crippen molar-refractivity contribution in [1.82, 2.24) is 0 Å². The maximum atomic E-state index is 12.1. The first-order chi connectivity index (χ1) is 7.79. The van der Waals surface area contributed by atoms with Crippen LogP contribution in [0.15, 0.2) is 48.5 Å². The van der Waals surface area contributed by atoms with Crippen LogP contribution in [0.5, 0.6) is 0 Å². The lowest BCUT2D eigenvalue weighted by Gasteiger charge is -2.16. The van der Waals surface area contributed by atoms with Gasteiger partial charge in [-0.1, -0.05) is 48.5 Å². The van der Waals surface area contributed by atoms with Crippen LogP contribution >= 0.6 is 0 Å². The topological polar surface area (TPSA) is 34.1 Å². The number of hydrogen-bond acceptors (Lipinski definition) is 2. The average Bonchev–Trinajstić information content (AvgIpc) is 2.36. The molecule has 0 atom stereocenters. The minimum absolute atomic E-state index is 0. The lowest BCUT2D eigenvalue weighted by Crippen LogP contribution is -2.20. The van der Waals surface area contributed by atoms with Crippen LogP contribution in [0.1, 0.15) is 31.8 Å². The van der Waals surface area contributed by atoms with Crippen molar-refractivity contribution in [3.05, 3.63) is 70.8 Å². The van der Waals surface area contributed by atoms with Crippen LogP contribution in [0.2, 0.25) is 0 Å². The Bertz CT molecular complexity index is 512. The molecule has 2 aromatic carbocycles. The van der Waals surface area contributed by atoms with E-state index >= 15 is 0 Å². The Labute approximate surface area is 109 Å². The fourth-order valence-electron chi connectivity index (χ4n) is 2.05. The van der Waals surface area contributed by atoms with E-state index in [2.05, 4.69) is 0 Å². The number of carbonyl (C=O) groups excluding carboxylic acids is 2. The van der Waals surface area contributed by atoms with Crippen LogP contribution in [-0.2, 0) is 0 Å². The van der Waals surface area contributed by atoms with Crippen LogP contribution in [-0.4, -0.2) is 28.9 Å². The number of ketones is 2. The van der Waals surface area contributed by atoms with Gasteiger partial charge in [0, 0.05) is 39.6 Å². The number of benzene rings is 2. The second-order valence-electron chi connectivity index (χ2n) is 3.75. The van der Waals surface area contributed by atoms with Crippen molar-refractivity contribution < 1.29 is 9.59 Å². The van der Waals surface area contributed by atoms with Crippen molar-refractivity contribution in [2.24, 2.45) is 0 Å². The molecule has 0 spiro atoms. The first-order valence-corrected chi connectivity index (χ1v) is 5.06. The summed E-state index contributed by atoms with van der Waals surface area (Å²) >= 11 is 0. The zero-order chi connectivity index (χ0) is 11.1. The van der Waals surface area contributed by atoms with E-state index in [1.807, 2.05) is 0 Å². The van der Waals surface area contributed by atoms with Crippen LogP contribution < -0.4 is 0 Å². The molecule has 3 rings (SSSR count). The van der Waals surface area contributed by atoms with Gasteiger partial charge in [0.15, 0.2) is 11.6 Å². The van der Waals surface area contributed by atoms with Crippen LogP contribution in [0.4, 0.5) is 0 Å². The molecule has 0 bridgehead atoms. The molecular weight excluding hydrogens is 227 g/mol. The molecule has 0 unspecified atom stereocenters. The summed E-state index contributed by atoms with van der Waals surface area (Å²) in [4.78, 5) is 24.2. The van der Waals surface area contributed by atoms with Crippen LogP contribution in [0.25, 0.3) is 0 Å². The Morgan fingerprint density at radius 3 is 1.00 bits per heavy atom. The third kappa shape index (κ3) is 1.65. The molecule has 3 heteroatoms. The molecule has 0 heterocycles. The van der Waals surface area contributed by atoms with Gasteiger partial charge in [-0.15, -0.1) is 0 Å². The molecule has 0 saturated heterocycles. The summed E-state index contributed by atoms with van der Waals surface area (Å²) in [5, 5.41) is 0. The van der Waals surface area contributed by atoms with Gasteiger partial charge in [0.1, 0.15) is 0 Å². The number of hydrogen-bond donors (Lipinski definition) is 0. The molecular formula is C14H8AlO2. The van der Waals surface area contributed by atoms with Gasteiger partial charge in [-0.2, -0.15) is 0 Å². The lowest BCUT2D eigenvalue weighted by molar-refractivity contribution is 0.0979. The second kappa shape index (κ2) is 4.29. The Morgan fingerprint density at radius 1 is 0.529 bits per heavy atom. The second-order valence-corrected chi connectivity index (χ2v) is 3.75. The third-order valence-electron chi connectivity index (χ3n) is 2.83. The summed E-state index contributed by atoms with van der Waals surface area (Å²) in [7, 11) is 0. The van der Waals surface area contributed by atoms with Crippen LogP contribution in [0, 0.1) is 0 Å². The Morgan fingerprint density at radius 2 is 0.765 bits per heavy atom. The smallest absolute Gasteiger partial charge is 0.194 e. The summed E-state index contributed by atoms with van der Waals surface area (Å²) < 4.78 is 0. The summed E-state index contributed by atoms with van der Waals surface area (Å²) in [6, 6.07) is 13.9. The Hall–Kier alpha value is -1.69. The highest BCUT2D eigenvalue weighted by Crippen LogP contribution is 2.26. The van der Waals surface area contributed by atoms with E-state index < -0.39 is 0 Å². The van der Waals surface area contributed by atoms with E-state index in [0.29, 0.717) is 22.3 Å². The number of fused-ring (bicyclic) bond motifs is 2. The maximum absolute atomic E-state index is 12.1. The first kappa shape index (κ1) is 11.8. The van der Waals surface area contributed by atoms with Crippen molar-refractivity contribution >= 4 is 28.9 Å². The summed E-state index contributed by atoms with van der Waals surface area (Å²) in [5.74, 6) is -0.128. The number of carbonyl (C=O) groups is 2. The predicted octanol–water partition coefficient (Wildman–Crippen LogP) is 2.08. The molecule has 0 saturated carbocycles. The molecule has 79 valence electrons. The lowest BCUT2D eigenvalue weighted by atomic mass is 9.84. The van der Waals surface area contributed by atoms with E-state index in [0.717, 1.165) is 0 Å². The van der Waals surface area contributed by atoms with Gasteiger partial charge in [0.25, 0.3) is 0 Å². The largest absolute Gasteiger partial charge is 0.289 e. The van der Waals surface area contributed by atoms with Crippen molar-refractivity contribution in [1.29, 1.82) is 0 Å². The molecule has 0 fully saturated rings. The van der Waals surface area contributed by atoms with E-state index in [4.69, 9.17) is 0 Å². The highest BCUT2D eigenvalue weighted by atomic mass is 27.0. The standard InChI is InChI=1S/C14H8O2.Al/c15-13-9-5-1-2-6-10(9)14(16)12-8-4-3-7-11(12)13;/h1-8H;. The van der Waals surface area contributed by atoms with E-state index in [-0.39, 0.29) is 28.9 Å². The Kier molecular flexibility index (Phi) is 2.98. The molecule has 1 aliphatic rings. The van der Waals surface area contributed by atoms with E-state index in [1.54, 1.807) is 48.5 Å². The quantitative estimate of drug-likeness (QED) is 0.559. The molecule has 17 heavy (non-hydrogen) atoms. The molecule has 0 N–H and O–H groups in total. The van der Waals surface area contributed by atoms with Gasteiger partial charge in [-0.05, 0) is 0 Å². The minimum Gasteiger partial charge on any atom is -0.289 e. The van der Waals surface area contributed by atoms with Crippen molar-refractivity contribution in [2.45, 2.75) is 0 Å². The first-order valence-electron chi connectivity index (χ1n) is 5.06. The van der Waals surface area contributed by atoms with Crippen molar-refractivity contribution in [3.63, 3.8) is 0 Å². The third-order valence-corrected chi connectivity index (χ3v) is 2.83. The van der Waals surface area contributed by atoms with Crippen LogP contribution in [0.3, 0.4) is 0 Å². The molecule has 2 aromatic rings. The minimum atomic E-state index is -0.0641. The van der Waals surface area contributed by atoms with E-state index in [1.165, 1.54) is 0 Å². The zero-order valence-corrected chi connectivity index (χ0v) is 10.2. The van der Waals surface area contributed by atoms with Gasteiger partial charge in [0.2, 0.25) is 0 Å². The maximum Gasteiger partial charge on any atom is 0.194 e. The predicted molar refractivity (Wildman–Crippen MR) is 65.5 cm³/mol. The highest BCUT2D eigenvalue weighted by Gasteiger charge is 2.28. The molecule has 1 aliphatic carbocycles. The van der Waals surface area contributed by atoms with Crippen molar-refractivity contribution in [3.8, 4) is 0 Å². The van der Waals surface area contributed by atoms with Crippen molar-refractivity contribution in [2.75, 3.05) is 0 Å². The number of rotatable bonds is 0. The molecule has 0 aromatic heterocycles.